The third-order valence-corrected chi connectivity index (χ3v) is 5.25. The van der Waals surface area contributed by atoms with Crippen molar-refractivity contribution >= 4 is 17.5 Å². The van der Waals surface area contributed by atoms with Crippen molar-refractivity contribution in [1.29, 1.82) is 0 Å². The zero-order valence-corrected chi connectivity index (χ0v) is 15.9. The number of carbonyl (C=O) groups excluding carboxylic acids is 2. The van der Waals surface area contributed by atoms with E-state index in [1.165, 1.54) is 12.1 Å². The van der Waals surface area contributed by atoms with Crippen LogP contribution in [0.4, 0.5) is 18.9 Å². The van der Waals surface area contributed by atoms with Gasteiger partial charge < -0.3 is 19.7 Å². The second-order valence-corrected chi connectivity index (χ2v) is 7.20. The van der Waals surface area contributed by atoms with Crippen LogP contribution in [0.3, 0.4) is 0 Å². The van der Waals surface area contributed by atoms with Gasteiger partial charge in [0.15, 0.2) is 11.5 Å². The standard InChI is InChI=1S/C21H19F3N2O4/c22-21(23,24)15-3-1-14(2-4-15)20(28)26-9-7-13(8-10-26)19(27)25-16-5-6-17-18(11-16)30-12-29-17/h1-6,11,13H,7-10,12H2,(H,25,27). The maximum atomic E-state index is 12.7. The molecule has 0 atom stereocenters. The van der Waals surface area contributed by atoms with E-state index in [0.717, 1.165) is 12.1 Å². The highest BCUT2D eigenvalue weighted by molar-refractivity contribution is 5.95. The van der Waals surface area contributed by atoms with Crippen LogP contribution in [0.5, 0.6) is 11.5 Å². The lowest BCUT2D eigenvalue weighted by atomic mass is 9.95. The molecule has 2 aliphatic rings. The molecule has 0 bridgehead atoms. The average Bonchev–Trinajstić information content (AvgIpc) is 3.21. The highest BCUT2D eigenvalue weighted by Crippen LogP contribution is 2.34. The molecular formula is C21H19F3N2O4. The van der Waals surface area contributed by atoms with Crippen molar-refractivity contribution in [2.45, 2.75) is 19.0 Å². The first-order valence-corrected chi connectivity index (χ1v) is 9.48. The average molecular weight is 420 g/mol. The molecule has 4 rings (SSSR count). The zero-order valence-electron chi connectivity index (χ0n) is 15.9. The Hall–Kier alpha value is -3.23. The fourth-order valence-corrected chi connectivity index (χ4v) is 3.55. The van der Waals surface area contributed by atoms with E-state index >= 15 is 0 Å². The monoisotopic (exact) mass is 420 g/mol. The number of anilines is 1. The Morgan fingerprint density at radius 3 is 2.30 bits per heavy atom. The van der Waals surface area contributed by atoms with E-state index in [2.05, 4.69) is 5.32 Å². The lowest BCUT2D eigenvalue weighted by Gasteiger charge is -2.31. The number of hydrogen-bond acceptors (Lipinski definition) is 4. The normalized spacial score (nSPS) is 16.4. The number of benzene rings is 2. The largest absolute Gasteiger partial charge is 0.454 e. The van der Waals surface area contributed by atoms with Gasteiger partial charge in [0.05, 0.1) is 5.56 Å². The molecule has 2 aromatic carbocycles. The van der Waals surface area contributed by atoms with Crippen LogP contribution in [0.2, 0.25) is 0 Å². The summed E-state index contributed by atoms with van der Waals surface area (Å²) >= 11 is 0. The van der Waals surface area contributed by atoms with Gasteiger partial charge in [-0.3, -0.25) is 9.59 Å². The molecule has 2 aromatic rings. The highest BCUT2D eigenvalue weighted by Gasteiger charge is 2.31. The molecule has 0 aliphatic carbocycles. The van der Waals surface area contributed by atoms with Gasteiger partial charge in [-0.25, -0.2) is 0 Å². The fraction of sp³-hybridized carbons (Fsp3) is 0.333. The van der Waals surface area contributed by atoms with E-state index in [-0.39, 0.29) is 30.1 Å². The minimum atomic E-state index is -4.44. The number of carbonyl (C=O) groups is 2. The minimum Gasteiger partial charge on any atom is -0.454 e. The molecule has 1 fully saturated rings. The van der Waals surface area contributed by atoms with Gasteiger partial charge in [0.25, 0.3) is 5.91 Å². The molecule has 1 saturated heterocycles. The van der Waals surface area contributed by atoms with E-state index < -0.39 is 11.7 Å². The summed E-state index contributed by atoms with van der Waals surface area (Å²) in [4.78, 5) is 26.7. The Bertz CT molecular complexity index is 952. The van der Waals surface area contributed by atoms with Gasteiger partial charge in [0.1, 0.15) is 0 Å². The summed E-state index contributed by atoms with van der Waals surface area (Å²) in [7, 11) is 0. The van der Waals surface area contributed by atoms with Crippen molar-refractivity contribution in [2.75, 3.05) is 25.2 Å². The Balaban J connectivity index is 1.32. The van der Waals surface area contributed by atoms with Crippen molar-refractivity contribution in [2.24, 2.45) is 5.92 Å². The number of alkyl halides is 3. The lowest BCUT2D eigenvalue weighted by Crippen LogP contribution is -2.41. The summed E-state index contributed by atoms with van der Waals surface area (Å²) in [6.45, 7) is 0.871. The first kappa shape index (κ1) is 20.1. The first-order valence-electron chi connectivity index (χ1n) is 9.48. The van der Waals surface area contributed by atoms with Crippen molar-refractivity contribution in [3.63, 3.8) is 0 Å². The number of fused-ring (bicyclic) bond motifs is 1. The van der Waals surface area contributed by atoms with Gasteiger partial charge in [-0.1, -0.05) is 0 Å². The molecule has 2 amide bonds. The third kappa shape index (κ3) is 4.19. The van der Waals surface area contributed by atoms with Crippen LogP contribution < -0.4 is 14.8 Å². The molecule has 0 radical (unpaired) electrons. The quantitative estimate of drug-likeness (QED) is 0.817. The number of halogens is 3. The van der Waals surface area contributed by atoms with Crippen molar-refractivity contribution < 1.29 is 32.2 Å². The summed E-state index contributed by atoms with van der Waals surface area (Å²) < 4.78 is 48.5. The number of piperidine rings is 1. The van der Waals surface area contributed by atoms with Gasteiger partial charge >= 0.3 is 6.18 Å². The molecule has 30 heavy (non-hydrogen) atoms. The maximum absolute atomic E-state index is 12.7. The molecule has 1 N–H and O–H groups in total. The number of nitrogens with one attached hydrogen (secondary N) is 1. The van der Waals surface area contributed by atoms with Crippen LogP contribution in [-0.4, -0.2) is 36.6 Å². The van der Waals surface area contributed by atoms with Gasteiger partial charge in [-0.2, -0.15) is 13.2 Å². The maximum Gasteiger partial charge on any atom is 0.416 e. The predicted molar refractivity (Wildman–Crippen MR) is 101 cm³/mol. The number of rotatable bonds is 3. The summed E-state index contributed by atoms with van der Waals surface area (Å²) in [5.41, 5.74) is 0.0109. The second kappa shape index (κ2) is 7.89. The van der Waals surface area contributed by atoms with Gasteiger partial charge in [-0.15, -0.1) is 0 Å². The molecule has 158 valence electrons. The highest BCUT2D eigenvalue weighted by atomic mass is 19.4. The summed E-state index contributed by atoms with van der Waals surface area (Å²) in [5, 5.41) is 2.85. The number of nitrogens with zero attached hydrogens (tertiary/aromatic N) is 1. The Morgan fingerprint density at radius 2 is 1.63 bits per heavy atom. The van der Waals surface area contributed by atoms with Gasteiger partial charge in [-0.05, 0) is 49.2 Å². The van der Waals surface area contributed by atoms with Crippen LogP contribution >= 0.6 is 0 Å². The van der Waals surface area contributed by atoms with Crippen molar-refractivity contribution in [1.82, 2.24) is 4.90 Å². The number of likely N-dealkylation sites (tertiary alicyclic amines) is 1. The number of ether oxygens (including phenoxy) is 2. The van der Waals surface area contributed by atoms with Crippen LogP contribution in [0.25, 0.3) is 0 Å². The molecule has 2 aliphatic heterocycles. The summed E-state index contributed by atoms with van der Waals surface area (Å²) in [6.07, 6.45) is -3.49. The van der Waals surface area contributed by atoms with Crippen molar-refractivity contribution in [3.05, 3.63) is 53.6 Å². The van der Waals surface area contributed by atoms with E-state index in [1.54, 1.807) is 23.1 Å². The second-order valence-electron chi connectivity index (χ2n) is 7.20. The smallest absolute Gasteiger partial charge is 0.416 e. The van der Waals surface area contributed by atoms with Crippen LogP contribution in [0.15, 0.2) is 42.5 Å². The molecular weight excluding hydrogens is 401 g/mol. The third-order valence-electron chi connectivity index (χ3n) is 5.25. The minimum absolute atomic E-state index is 0.143. The van der Waals surface area contributed by atoms with Crippen LogP contribution in [0, 0.1) is 5.92 Å². The molecule has 0 spiro atoms. The van der Waals surface area contributed by atoms with Crippen LogP contribution in [0.1, 0.15) is 28.8 Å². The Morgan fingerprint density at radius 1 is 0.967 bits per heavy atom. The van der Waals surface area contributed by atoms with Gasteiger partial charge in [0, 0.05) is 36.3 Å². The molecule has 0 unspecified atom stereocenters. The van der Waals surface area contributed by atoms with E-state index in [9.17, 15) is 22.8 Å². The first-order chi connectivity index (χ1) is 14.3. The molecule has 9 heteroatoms. The SMILES string of the molecule is O=C(Nc1ccc2c(c1)OCO2)C1CCN(C(=O)c2ccc(C(F)(F)F)cc2)CC1. The number of hydrogen-bond donors (Lipinski definition) is 1. The zero-order chi connectivity index (χ0) is 21.3. The molecule has 2 heterocycles. The van der Waals surface area contributed by atoms with Gasteiger partial charge in [0.2, 0.25) is 12.7 Å². The van der Waals surface area contributed by atoms with Crippen LogP contribution in [-0.2, 0) is 11.0 Å². The van der Waals surface area contributed by atoms with E-state index in [4.69, 9.17) is 9.47 Å². The fourth-order valence-electron chi connectivity index (χ4n) is 3.55. The summed E-state index contributed by atoms with van der Waals surface area (Å²) in [5.74, 6) is 0.466. The molecule has 0 saturated carbocycles. The number of amides is 2. The molecule has 6 nitrogen and oxygen atoms in total. The van der Waals surface area contributed by atoms with Crippen molar-refractivity contribution in [3.8, 4) is 11.5 Å². The lowest BCUT2D eigenvalue weighted by molar-refractivity contribution is -0.137. The predicted octanol–water partition coefficient (Wildman–Crippen LogP) is 3.93. The summed E-state index contributed by atoms with van der Waals surface area (Å²) in [6, 6.07) is 9.33. The Kier molecular flexibility index (Phi) is 5.27. The van der Waals surface area contributed by atoms with E-state index in [0.29, 0.717) is 43.1 Å². The molecule has 0 aromatic heterocycles. The van der Waals surface area contributed by atoms with E-state index in [1.807, 2.05) is 0 Å². The Labute approximate surface area is 170 Å². The topological polar surface area (TPSA) is 67.9 Å².